The van der Waals surface area contributed by atoms with Crippen LogP contribution in [0.1, 0.15) is 33.1 Å². The SMILES string of the molecule is CCC1CCC(Nc2c(N)cnc3ccc(Br)cc23)C1C. The molecule has 0 amide bonds. The molecule has 0 spiro atoms. The molecular weight excluding hydrogens is 326 g/mol. The first kappa shape index (κ1) is 14.6. The fraction of sp³-hybridized carbons (Fsp3) is 0.471. The summed E-state index contributed by atoms with van der Waals surface area (Å²) in [6, 6.07) is 6.64. The Balaban J connectivity index is 1.97. The maximum absolute atomic E-state index is 6.19. The molecule has 1 heterocycles. The maximum atomic E-state index is 6.19. The van der Waals surface area contributed by atoms with E-state index in [1.165, 1.54) is 19.3 Å². The molecule has 0 radical (unpaired) electrons. The Labute approximate surface area is 134 Å². The fourth-order valence-corrected chi connectivity index (χ4v) is 3.92. The third-order valence-corrected chi connectivity index (χ3v) is 5.43. The van der Waals surface area contributed by atoms with E-state index in [0.717, 1.165) is 32.7 Å². The molecule has 0 aliphatic heterocycles. The van der Waals surface area contributed by atoms with Crippen LogP contribution in [0.2, 0.25) is 0 Å². The van der Waals surface area contributed by atoms with Gasteiger partial charge in [-0.05, 0) is 42.9 Å². The van der Waals surface area contributed by atoms with Crippen LogP contribution in [0.3, 0.4) is 0 Å². The number of benzene rings is 1. The summed E-state index contributed by atoms with van der Waals surface area (Å²) in [5.74, 6) is 1.51. The summed E-state index contributed by atoms with van der Waals surface area (Å²) in [4.78, 5) is 4.42. The first-order valence-electron chi connectivity index (χ1n) is 7.70. The molecule has 3 N–H and O–H groups in total. The number of nitrogens with zero attached hydrogens (tertiary/aromatic N) is 1. The largest absolute Gasteiger partial charge is 0.396 e. The molecule has 0 saturated heterocycles. The molecule has 1 aliphatic carbocycles. The van der Waals surface area contributed by atoms with Gasteiger partial charge < -0.3 is 11.1 Å². The van der Waals surface area contributed by atoms with E-state index < -0.39 is 0 Å². The molecule has 1 saturated carbocycles. The maximum Gasteiger partial charge on any atom is 0.0743 e. The van der Waals surface area contributed by atoms with Gasteiger partial charge in [0.15, 0.2) is 0 Å². The van der Waals surface area contributed by atoms with Crippen LogP contribution in [0.4, 0.5) is 11.4 Å². The van der Waals surface area contributed by atoms with Gasteiger partial charge in [-0.2, -0.15) is 0 Å². The van der Waals surface area contributed by atoms with Crippen molar-refractivity contribution in [3.05, 3.63) is 28.9 Å². The van der Waals surface area contributed by atoms with E-state index in [4.69, 9.17) is 5.73 Å². The van der Waals surface area contributed by atoms with Crippen molar-refractivity contribution in [3.8, 4) is 0 Å². The zero-order valence-electron chi connectivity index (χ0n) is 12.6. The molecule has 3 atom stereocenters. The minimum atomic E-state index is 0.502. The zero-order chi connectivity index (χ0) is 15.0. The van der Waals surface area contributed by atoms with Crippen LogP contribution in [-0.2, 0) is 0 Å². The van der Waals surface area contributed by atoms with E-state index in [2.05, 4.69) is 46.1 Å². The first-order chi connectivity index (χ1) is 10.1. The number of hydrogen-bond acceptors (Lipinski definition) is 3. The van der Waals surface area contributed by atoms with Crippen LogP contribution in [0, 0.1) is 11.8 Å². The second-order valence-electron chi connectivity index (χ2n) is 6.11. The van der Waals surface area contributed by atoms with Crippen molar-refractivity contribution in [2.75, 3.05) is 11.1 Å². The number of nitrogens with two attached hydrogens (primary N) is 1. The predicted molar refractivity (Wildman–Crippen MR) is 93.4 cm³/mol. The number of anilines is 2. The molecule has 1 aromatic carbocycles. The molecule has 21 heavy (non-hydrogen) atoms. The van der Waals surface area contributed by atoms with Crippen molar-refractivity contribution in [2.24, 2.45) is 11.8 Å². The van der Waals surface area contributed by atoms with Gasteiger partial charge in [0.25, 0.3) is 0 Å². The summed E-state index contributed by atoms with van der Waals surface area (Å²) in [5, 5.41) is 4.80. The van der Waals surface area contributed by atoms with Crippen molar-refractivity contribution in [1.82, 2.24) is 4.98 Å². The van der Waals surface area contributed by atoms with Gasteiger partial charge in [-0.25, -0.2) is 0 Å². The van der Waals surface area contributed by atoms with Crippen LogP contribution in [0.5, 0.6) is 0 Å². The topological polar surface area (TPSA) is 50.9 Å². The highest BCUT2D eigenvalue weighted by molar-refractivity contribution is 9.10. The summed E-state index contributed by atoms with van der Waals surface area (Å²) >= 11 is 3.54. The molecule has 4 heteroatoms. The van der Waals surface area contributed by atoms with Gasteiger partial charge in [-0.1, -0.05) is 36.2 Å². The minimum Gasteiger partial charge on any atom is -0.396 e. The molecule has 1 aromatic heterocycles. The molecule has 3 unspecified atom stereocenters. The van der Waals surface area contributed by atoms with Crippen molar-refractivity contribution < 1.29 is 0 Å². The second-order valence-corrected chi connectivity index (χ2v) is 7.02. The Hall–Kier alpha value is -1.29. The van der Waals surface area contributed by atoms with Crippen molar-refractivity contribution in [3.63, 3.8) is 0 Å². The molecule has 1 fully saturated rings. The van der Waals surface area contributed by atoms with Crippen molar-refractivity contribution >= 4 is 38.2 Å². The number of nitrogens with one attached hydrogen (secondary N) is 1. The Kier molecular flexibility index (Phi) is 4.07. The summed E-state index contributed by atoms with van der Waals surface area (Å²) in [6.07, 6.45) is 5.55. The monoisotopic (exact) mass is 347 g/mol. The fourth-order valence-electron chi connectivity index (χ4n) is 3.55. The average Bonchev–Trinajstić information content (AvgIpc) is 2.82. The van der Waals surface area contributed by atoms with Gasteiger partial charge in [0.05, 0.1) is 23.1 Å². The smallest absolute Gasteiger partial charge is 0.0743 e. The van der Waals surface area contributed by atoms with E-state index in [1.54, 1.807) is 6.20 Å². The normalized spacial score (nSPS) is 25.4. The number of fused-ring (bicyclic) bond motifs is 1. The predicted octanol–water partition coefficient (Wildman–Crippen LogP) is 4.82. The molecular formula is C17H22BrN3. The van der Waals surface area contributed by atoms with Crippen LogP contribution in [-0.4, -0.2) is 11.0 Å². The van der Waals surface area contributed by atoms with E-state index in [1.807, 2.05) is 12.1 Å². The van der Waals surface area contributed by atoms with Crippen LogP contribution in [0.25, 0.3) is 10.9 Å². The van der Waals surface area contributed by atoms with Crippen LogP contribution >= 0.6 is 15.9 Å². The lowest BCUT2D eigenvalue weighted by atomic mass is 9.93. The first-order valence-corrected chi connectivity index (χ1v) is 8.49. The Morgan fingerprint density at radius 2 is 2.19 bits per heavy atom. The number of halogens is 1. The van der Waals surface area contributed by atoms with Crippen molar-refractivity contribution in [1.29, 1.82) is 0 Å². The standard InChI is InChI=1S/C17H22BrN3/c1-3-11-4-6-15(10(11)2)21-17-13-8-12(18)5-7-16(13)20-9-14(17)19/h5,7-11,15H,3-4,6,19H2,1-2H3,(H,20,21). The highest BCUT2D eigenvalue weighted by Gasteiger charge is 2.31. The number of hydrogen-bond donors (Lipinski definition) is 2. The quantitative estimate of drug-likeness (QED) is 0.836. The van der Waals surface area contributed by atoms with Crippen LogP contribution in [0.15, 0.2) is 28.9 Å². The van der Waals surface area contributed by atoms with Crippen molar-refractivity contribution in [2.45, 2.75) is 39.2 Å². The minimum absolute atomic E-state index is 0.502. The van der Waals surface area contributed by atoms with E-state index >= 15 is 0 Å². The van der Waals surface area contributed by atoms with Gasteiger partial charge in [-0.15, -0.1) is 0 Å². The average molecular weight is 348 g/mol. The summed E-state index contributed by atoms with van der Waals surface area (Å²) in [6.45, 7) is 4.64. The number of rotatable bonds is 3. The Morgan fingerprint density at radius 1 is 1.38 bits per heavy atom. The van der Waals surface area contributed by atoms with Gasteiger partial charge in [0.1, 0.15) is 0 Å². The second kappa shape index (κ2) is 5.84. The number of nitrogen functional groups attached to an aromatic ring is 1. The third kappa shape index (κ3) is 2.73. The molecule has 112 valence electrons. The van der Waals surface area contributed by atoms with E-state index in [-0.39, 0.29) is 0 Å². The molecule has 1 aliphatic rings. The van der Waals surface area contributed by atoms with Gasteiger partial charge in [0, 0.05) is 15.9 Å². The summed E-state index contributed by atoms with van der Waals surface area (Å²) < 4.78 is 1.05. The van der Waals surface area contributed by atoms with Gasteiger partial charge in [-0.3, -0.25) is 4.98 Å². The highest BCUT2D eigenvalue weighted by Crippen LogP contribution is 2.38. The highest BCUT2D eigenvalue weighted by atomic mass is 79.9. The molecule has 0 bridgehead atoms. The third-order valence-electron chi connectivity index (χ3n) is 4.94. The lowest BCUT2D eigenvalue weighted by Gasteiger charge is -2.23. The van der Waals surface area contributed by atoms with Gasteiger partial charge >= 0.3 is 0 Å². The summed E-state index contributed by atoms with van der Waals surface area (Å²) in [7, 11) is 0. The summed E-state index contributed by atoms with van der Waals surface area (Å²) in [5.41, 5.74) is 8.93. The number of pyridine rings is 1. The van der Waals surface area contributed by atoms with E-state index in [0.29, 0.717) is 12.0 Å². The lowest BCUT2D eigenvalue weighted by molar-refractivity contribution is 0.392. The molecule has 3 rings (SSSR count). The number of aromatic nitrogens is 1. The lowest BCUT2D eigenvalue weighted by Crippen LogP contribution is -2.25. The van der Waals surface area contributed by atoms with E-state index in [9.17, 15) is 0 Å². The Morgan fingerprint density at radius 3 is 2.90 bits per heavy atom. The molecule has 3 nitrogen and oxygen atoms in total. The van der Waals surface area contributed by atoms with Crippen LogP contribution < -0.4 is 11.1 Å². The Bertz CT molecular complexity index is 651. The van der Waals surface area contributed by atoms with Gasteiger partial charge in [0.2, 0.25) is 0 Å². The molecule has 2 aromatic rings. The zero-order valence-corrected chi connectivity index (χ0v) is 14.2.